The molecule has 0 aliphatic heterocycles. The third kappa shape index (κ3) is 4.06. The van der Waals surface area contributed by atoms with Crippen molar-refractivity contribution in [1.82, 2.24) is 10.3 Å². The van der Waals surface area contributed by atoms with E-state index in [9.17, 15) is 9.18 Å². The molecule has 110 valence electrons. The largest absolute Gasteiger partial charge is 0.481 e. The summed E-state index contributed by atoms with van der Waals surface area (Å²) in [6, 6.07) is 6.80. The number of aromatic nitrogens is 1. The maximum Gasteiger partial charge on any atom is 0.319 e. The Kier molecular flexibility index (Phi) is 4.94. The van der Waals surface area contributed by atoms with Gasteiger partial charge in [-0.25, -0.2) is 14.2 Å². The summed E-state index contributed by atoms with van der Waals surface area (Å²) in [6.07, 6.45) is 1.60. The molecule has 1 aromatic heterocycles. The van der Waals surface area contributed by atoms with Crippen LogP contribution in [0.2, 0.25) is 5.02 Å². The lowest BCUT2D eigenvalue weighted by Crippen LogP contribution is -2.28. The molecule has 0 aliphatic rings. The van der Waals surface area contributed by atoms with Gasteiger partial charge in [-0.1, -0.05) is 17.7 Å². The van der Waals surface area contributed by atoms with Gasteiger partial charge in [0.1, 0.15) is 5.82 Å². The van der Waals surface area contributed by atoms with Gasteiger partial charge < -0.3 is 15.4 Å². The number of pyridine rings is 1. The molecule has 0 radical (unpaired) electrons. The second kappa shape index (κ2) is 6.90. The van der Waals surface area contributed by atoms with Crippen LogP contribution in [0, 0.1) is 5.82 Å². The first-order chi connectivity index (χ1) is 10.1. The van der Waals surface area contributed by atoms with Crippen molar-refractivity contribution in [3.05, 3.63) is 52.9 Å². The predicted molar refractivity (Wildman–Crippen MR) is 78.1 cm³/mol. The molecule has 1 aromatic carbocycles. The van der Waals surface area contributed by atoms with Crippen molar-refractivity contribution in [2.75, 3.05) is 12.4 Å². The number of methoxy groups -OCH3 is 1. The fourth-order valence-electron chi connectivity index (χ4n) is 1.68. The molecule has 0 aliphatic carbocycles. The summed E-state index contributed by atoms with van der Waals surface area (Å²) >= 11 is 5.83. The topological polar surface area (TPSA) is 63.2 Å². The van der Waals surface area contributed by atoms with Crippen molar-refractivity contribution in [2.45, 2.75) is 6.54 Å². The van der Waals surface area contributed by atoms with Gasteiger partial charge in [-0.2, -0.15) is 0 Å². The molecule has 2 rings (SSSR count). The number of halogens is 2. The van der Waals surface area contributed by atoms with E-state index in [4.69, 9.17) is 16.3 Å². The number of rotatable bonds is 4. The highest BCUT2D eigenvalue weighted by Gasteiger charge is 2.08. The second-order valence-corrected chi connectivity index (χ2v) is 4.51. The first-order valence-electron chi connectivity index (χ1n) is 6.08. The van der Waals surface area contributed by atoms with Gasteiger partial charge in [0.05, 0.1) is 17.8 Å². The van der Waals surface area contributed by atoms with E-state index >= 15 is 0 Å². The summed E-state index contributed by atoms with van der Waals surface area (Å²) in [5, 5.41) is 5.31. The van der Waals surface area contributed by atoms with Crippen LogP contribution in [-0.4, -0.2) is 18.1 Å². The van der Waals surface area contributed by atoms with Crippen molar-refractivity contribution in [3.63, 3.8) is 0 Å². The van der Waals surface area contributed by atoms with Crippen molar-refractivity contribution >= 4 is 23.3 Å². The Balaban J connectivity index is 1.96. The molecule has 7 heteroatoms. The van der Waals surface area contributed by atoms with Gasteiger partial charge in [0.2, 0.25) is 5.88 Å². The minimum Gasteiger partial charge on any atom is -0.481 e. The number of carbonyl (C=O) groups excluding carboxylic acids is 1. The normalized spacial score (nSPS) is 10.0. The molecular formula is C14H13ClFN3O2. The Bertz CT molecular complexity index is 652. The number of ether oxygens (including phenoxy) is 1. The standard InChI is InChI=1S/C14H13ClFN3O2/c1-21-13-9(3-2-6-17-13)8-18-14(20)19-12-5-4-10(16)7-11(12)15/h2-7H,8H2,1H3,(H2,18,19,20). The monoisotopic (exact) mass is 309 g/mol. The number of urea groups is 1. The van der Waals surface area contributed by atoms with Gasteiger partial charge in [0.15, 0.2) is 0 Å². The molecule has 0 saturated heterocycles. The van der Waals surface area contributed by atoms with Crippen LogP contribution in [0.3, 0.4) is 0 Å². The average molecular weight is 310 g/mol. The fraction of sp³-hybridized carbons (Fsp3) is 0.143. The summed E-state index contributed by atoms with van der Waals surface area (Å²) in [4.78, 5) is 15.8. The Morgan fingerprint density at radius 1 is 1.43 bits per heavy atom. The molecule has 0 saturated carbocycles. The Morgan fingerprint density at radius 3 is 2.95 bits per heavy atom. The van der Waals surface area contributed by atoms with Crippen LogP contribution in [0.4, 0.5) is 14.9 Å². The fourth-order valence-corrected chi connectivity index (χ4v) is 1.89. The molecule has 21 heavy (non-hydrogen) atoms. The molecule has 0 spiro atoms. The summed E-state index contributed by atoms with van der Waals surface area (Å²) < 4.78 is 18.0. The zero-order chi connectivity index (χ0) is 15.2. The molecule has 5 nitrogen and oxygen atoms in total. The molecule has 2 N–H and O–H groups in total. The Hall–Kier alpha value is -2.34. The molecule has 0 bridgehead atoms. The predicted octanol–water partition coefficient (Wildman–Crippen LogP) is 3.20. The van der Waals surface area contributed by atoms with Gasteiger partial charge in [0.25, 0.3) is 0 Å². The third-order valence-electron chi connectivity index (χ3n) is 2.66. The summed E-state index contributed by atoms with van der Waals surface area (Å²) in [5.41, 5.74) is 1.06. The number of carbonyl (C=O) groups is 1. The molecule has 2 aromatic rings. The highest BCUT2D eigenvalue weighted by molar-refractivity contribution is 6.33. The lowest BCUT2D eigenvalue weighted by molar-refractivity contribution is 0.251. The van der Waals surface area contributed by atoms with Crippen LogP contribution in [0.15, 0.2) is 36.5 Å². The van der Waals surface area contributed by atoms with Gasteiger partial charge >= 0.3 is 6.03 Å². The van der Waals surface area contributed by atoms with E-state index in [0.29, 0.717) is 11.6 Å². The second-order valence-electron chi connectivity index (χ2n) is 4.10. The molecule has 2 amide bonds. The lowest BCUT2D eigenvalue weighted by Gasteiger charge is -2.10. The van der Waals surface area contributed by atoms with Crippen molar-refractivity contribution in [1.29, 1.82) is 0 Å². The van der Waals surface area contributed by atoms with Gasteiger partial charge in [0, 0.05) is 18.3 Å². The van der Waals surface area contributed by atoms with Crippen LogP contribution in [-0.2, 0) is 6.54 Å². The zero-order valence-corrected chi connectivity index (χ0v) is 11.9. The minimum absolute atomic E-state index is 0.129. The average Bonchev–Trinajstić information content (AvgIpc) is 2.48. The Labute approximate surface area is 126 Å². The summed E-state index contributed by atoms with van der Waals surface area (Å²) in [6.45, 7) is 0.238. The van der Waals surface area contributed by atoms with E-state index < -0.39 is 11.8 Å². The minimum atomic E-state index is -0.467. The van der Waals surface area contributed by atoms with E-state index in [-0.39, 0.29) is 11.6 Å². The number of nitrogens with one attached hydrogen (secondary N) is 2. The lowest BCUT2D eigenvalue weighted by atomic mass is 10.2. The number of hydrogen-bond donors (Lipinski definition) is 2. The summed E-state index contributed by atoms with van der Waals surface area (Å²) in [7, 11) is 1.50. The highest BCUT2D eigenvalue weighted by atomic mass is 35.5. The molecule has 0 atom stereocenters. The van der Waals surface area contributed by atoms with E-state index in [1.807, 2.05) is 0 Å². The van der Waals surface area contributed by atoms with E-state index in [1.54, 1.807) is 18.3 Å². The number of nitrogens with zero attached hydrogens (tertiary/aromatic N) is 1. The molecule has 0 fully saturated rings. The third-order valence-corrected chi connectivity index (χ3v) is 2.97. The van der Waals surface area contributed by atoms with Crippen LogP contribution >= 0.6 is 11.6 Å². The molecule has 0 unspecified atom stereocenters. The van der Waals surface area contributed by atoms with Gasteiger partial charge in [-0.3, -0.25) is 0 Å². The van der Waals surface area contributed by atoms with Crippen molar-refractivity contribution < 1.29 is 13.9 Å². The molecular weight excluding hydrogens is 297 g/mol. The van der Waals surface area contributed by atoms with Crippen molar-refractivity contribution in [3.8, 4) is 5.88 Å². The van der Waals surface area contributed by atoms with E-state index in [2.05, 4.69) is 15.6 Å². The van der Waals surface area contributed by atoms with Gasteiger partial charge in [-0.05, 0) is 24.3 Å². The van der Waals surface area contributed by atoms with Crippen LogP contribution in [0.5, 0.6) is 5.88 Å². The number of benzene rings is 1. The first kappa shape index (κ1) is 15.1. The van der Waals surface area contributed by atoms with Crippen LogP contribution in [0.25, 0.3) is 0 Å². The van der Waals surface area contributed by atoms with Gasteiger partial charge in [-0.15, -0.1) is 0 Å². The SMILES string of the molecule is COc1ncccc1CNC(=O)Nc1ccc(F)cc1Cl. The maximum atomic E-state index is 12.9. The number of hydrogen-bond acceptors (Lipinski definition) is 3. The quantitative estimate of drug-likeness (QED) is 0.911. The van der Waals surface area contributed by atoms with Crippen LogP contribution < -0.4 is 15.4 Å². The zero-order valence-electron chi connectivity index (χ0n) is 11.2. The maximum absolute atomic E-state index is 12.9. The highest BCUT2D eigenvalue weighted by Crippen LogP contribution is 2.22. The van der Waals surface area contributed by atoms with E-state index in [0.717, 1.165) is 11.6 Å². The molecule has 1 heterocycles. The summed E-state index contributed by atoms with van der Waals surface area (Å²) in [5.74, 6) is -0.0244. The Morgan fingerprint density at radius 2 is 2.24 bits per heavy atom. The first-order valence-corrected chi connectivity index (χ1v) is 6.45. The van der Waals surface area contributed by atoms with Crippen molar-refractivity contribution in [2.24, 2.45) is 0 Å². The van der Waals surface area contributed by atoms with Crippen LogP contribution in [0.1, 0.15) is 5.56 Å². The van der Waals surface area contributed by atoms with E-state index in [1.165, 1.54) is 19.2 Å². The number of amides is 2. The smallest absolute Gasteiger partial charge is 0.319 e. The number of anilines is 1.